The van der Waals surface area contributed by atoms with Crippen molar-refractivity contribution in [1.82, 2.24) is 15.0 Å². The Labute approximate surface area is 258 Å². The topological polar surface area (TPSA) is 51.8 Å². The predicted octanol–water partition coefficient (Wildman–Crippen LogP) is 10.6. The van der Waals surface area contributed by atoms with Crippen LogP contribution in [0, 0.1) is 5.92 Å². The lowest BCUT2D eigenvalue weighted by Gasteiger charge is -2.11. The molecule has 0 radical (unpaired) electrons. The lowest BCUT2D eigenvalue weighted by atomic mass is 9.95. The molecule has 0 N–H and O–H groups in total. The van der Waals surface area contributed by atoms with Crippen LogP contribution in [0.4, 0.5) is 0 Å². The molecule has 0 fully saturated rings. The molecule has 0 atom stereocenters. The normalized spacial score (nSPS) is 11.5. The van der Waals surface area contributed by atoms with Crippen LogP contribution in [0.15, 0.2) is 120 Å². The minimum Gasteiger partial charge on any atom is -0.436 e. The minimum absolute atomic E-state index is 0.596. The molecule has 0 unspecified atom stereocenters. The van der Waals surface area contributed by atoms with E-state index in [0.717, 1.165) is 80.6 Å². The van der Waals surface area contributed by atoms with Gasteiger partial charge in [0.25, 0.3) is 0 Å². The monoisotopic (exact) mass is 573 g/mol. The summed E-state index contributed by atoms with van der Waals surface area (Å²) in [5, 5.41) is 0. The summed E-state index contributed by atoms with van der Waals surface area (Å²) in [6, 6.07) is 39.8. The van der Waals surface area contributed by atoms with Crippen LogP contribution in [-0.4, -0.2) is 15.0 Å². The largest absolute Gasteiger partial charge is 0.436 e. The maximum absolute atomic E-state index is 6.27. The van der Waals surface area contributed by atoms with E-state index in [-0.39, 0.29) is 0 Å². The average molecular weight is 574 g/mol. The summed E-state index contributed by atoms with van der Waals surface area (Å²) in [5.41, 5.74) is 13.4. The summed E-state index contributed by atoms with van der Waals surface area (Å²) >= 11 is 0. The number of nitrogens with zero attached hydrogens (tertiary/aromatic N) is 3. The Balaban J connectivity index is 1.18. The standard InChI is InChI=1S/C40H35N3O/c1-4-10-32-24-36-37(25-33(32)23-26(2)3)44-40(43-36)31-21-17-28(18-22-31)27-15-19-30(20-16-27)39-38(29-11-6-5-7-12-29)41-34-13-8-9-14-35(34)42-39/h5-9,11-22,24-26H,4,10,23H2,1-3H3. The first kappa shape index (κ1) is 27.7. The van der Waals surface area contributed by atoms with Crippen LogP contribution in [0.2, 0.25) is 0 Å². The Hall–Kier alpha value is -5.09. The zero-order valence-electron chi connectivity index (χ0n) is 25.4. The van der Waals surface area contributed by atoms with Crippen LogP contribution in [0.25, 0.3) is 67.2 Å². The van der Waals surface area contributed by atoms with Crippen LogP contribution in [0.1, 0.15) is 38.3 Å². The van der Waals surface area contributed by atoms with Gasteiger partial charge in [-0.2, -0.15) is 0 Å². The highest BCUT2D eigenvalue weighted by Crippen LogP contribution is 2.34. The van der Waals surface area contributed by atoms with Gasteiger partial charge in [-0.15, -0.1) is 0 Å². The lowest BCUT2D eigenvalue weighted by molar-refractivity contribution is 0.615. The van der Waals surface area contributed by atoms with Crippen LogP contribution in [-0.2, 0) is 12.8 Å². The maximum Gasteiger partial charge on any atom is 0.227 e. The third-order valence-corrected chi connectivity index (χ3v) is 8.10. The van der Waals surface area contributed by atoms with Gasteiger partial charge in [0.2, 0.25) is 5.89 Å². The molecule has 0 saturated heterocycles. The van der Waals surface area contributed by atoms with E-state index >= 15 is 0 Å². The van der Waals surface area contributed by atoms with Gasteiger partial charge in [-0.25, -0.2) is 15.0 Å². The van der Waals surface area contributed by atoms with Crippen molar-refractivity contribution >= 4 is 22.1 Å². The third kappa shape index (κ3) is 5.51. The molecular formula is C40H35N3O. The van der Waals surface area contributed by atoms with Gasteiger partial charge in [0.15, 0.2) is 5.58 Å². The summed E-state index contributed by atoms with van der Waals surface area (Å²) in [4.78, 5) is 14.9. The molecular weight excluding hydrogens is 538 g/mol. The number of aryl methyl sites for hydroxylation is 1. The number of para-hydroxylation sites is 2. The van der Waals surface area contributed by atoms with Crippen molar-refractivity contribution < 1.29 is 4.42 Å². The molecule has 7 rings (SSSR count). The first-order valence-electron chi connectivity index (χ1n) is 15.5. The van der Waals surface area contributed by atoms with E-state index in [1.54, 1.807) is 0 Å². The van der Waals surface area contributed by atoms with E-state index in [9.17, 15) is 0 Å². The van der Waals surface area contributed by atoms with E-state index in [4.69, 9.17) is 19.4 Å². The summed E-state index contributed by atoms with van der Waals surface area (Å²) in [5.74, 6) is 1.26. The molecule has 216 valence electrons. The zero-order valence-corrected chi connectivity index (χ0v) is 25.4. The molecule has 0 spiro atoms. The van der Waals surface area contributed by atoms with Crippen LogP contribution in [0.5, 0.6) is 0 Å². The quantitative estimate of drug-likeness (QED) is 0.181. The molecule has 4 nitrogen and oxygen atoms in total. The predicted molar refractivity (Wildman–Crippen MR) is 181 cm³/mol. The van der Waals surface area contributed by atoms with Gasteiger partial charge in [-0.1, -0.05) is 106 Å². The second kappa shape index (κ2) is 11.9. The lowest BCUT2D eigenvalue weighted by Crippen LogP contribution is -1.99. The molecule has 0 aliphatic carbocycles. The highest BCUT2D eigenvalue weighted by molar-refractivity contribution is 5.87. The number of hydrogen-bond donors (Lipinski definition) is 0. The van der Waals surface area contributed by atoms with E-state index in [0.29, 0.717) is 11.8 Å². The molecule has 44 heavy (non-hydrogen) atoms. The second-order valence-corrected chi connectivity index (χ2v) is 11.9. The summed E-state index contributed by atoms with van der Waals surface area (Å²) in [6.07, 6.45) is 3.23. The number of fused-ring (bicyclic) bond motifs is 2. The van der Waals surface area contributed by atoms with Crippen LogP contribution in [0.3, 0.4) is 0 Å². The fraction of sp³-hybridized carbons (Fsp3) is 0.175. The molecule has 0 amide bonds. The van der Waals surface area contributed by atoms with E-state index in [1.807, 2.05) is 42.5 Å². The van der Waals surface area contributed by atoms with Gasteiger partial charge in [0, 0.05) is 16.7 Å². The molecule has 0 aliphatic heterocycles. The Morgan fingerprint density at radius 2 is 1.09 bits per heavy atom. The molecule has 7 aromatic rings. The molecule has 2 aromatic heterocycles. The Bertz CT molecular complexity index is 2060. The van der Waals surface area contributed by atoms with E-state index in [2.05, 4.69) is 93.6 Å². The van der Waals surface area contributed by atoms with Crippen molar-refractivity contribution in [1.29, 1.82) is 0 Å². The van der Waals surface area contributed by atoms with Crippen LogP contribution < -0.4 is 0 Å². The molecule has 5 aromatic carbocycles. The van der Waals surface area contributed by atoms with E-state index in [1.165, 1.54) is 11.1 Å². The van der Waals surface area contributed by atoms with Gasteiger partial charge in [0.1, 0.15) is 5.52 Å². The van der Waals surface area contributed by atoms with Gasteiger partial charge >= 0.3 is 0 Å². The minimum atomic E-state index is 0.596. The Kier molecular flexibility index (Phi) is 7.49. The molecule has 0 saturated carbocycles. The molecule has 0 aliphatic rings. The fourth-order valence-electron chi connectivity index (χ4n) is 5.94. The van der Waals surface area contributed by atoms with Crippen molar-refractivity contribution in [3.05, 3.63) is 126 Å². The maximum atomic E-state index is 6.27. The average Bonchev–Trinajstić information content (AvgIpc) is 3.47. The number of rotatable bonds is 8. The number of benzene rings is 5. The van der Waals surface area contributed by atoms with Crippen LogP contribution >= 0.6 is 0 Å². The van der Waals surface area contributed by atoms with Gasteiger partial charge in [-0.05, 0) is 77.4 Å². The summed E-state index contributed by atoms with van der Waals surface area (Å²) in [7, 11) is 0. The van der Waals surface area contributed by atoms with Crippen molar-refractivity contribution in [3.8, 4) is 45.1 Å². The van der Waals surface area contributed by atoms with Gasteiger partial charge in [0.05, 0.1) is 22.4 Å². The van der Waals surface area contributed by atoms with Crippen molar-refractivity contribution in [3.63, 3.8) is 0 Å². The Morgan fingerprint density at radius 1 is 0.545 bits per heavy atom. The Morgan fingerprint density at radius 3 is 1.68 bits per heavy atom. The van der Waals surface area contributed by atoms with Crippen molar-refractivity contribution in [2.45, 2.75) is 40.0 Å². The molecule has 2 heterocycles. The second-order valence-electron chi connectivity index (χ2n) is 11.9. The first-order valence-corrected chi connectivity index (χ1v) is 15.5. The molecule has 4 heteroatoms. The van der Waals surface area contributed by atoms with Crippen molar-refractivity contribution in [2.75, 3.05) is 0 Å². The van der Waals surface area contributed by atoms with Gasteiger partial charge < -0.3 is 4.42 Å². The highest BCUT2D eigenvalue weighted by Gasteiger charge is 2.15. The summed E-state index contributed by atoms with van der Waals surface area (Å²) in [6.45, 7) is 6.76. The fourth-order valence-corrected chi connectivity index (χ4v) is 5.94. The SMILES string of the molecule is CCCc1cc2nc(-c3ccc(-c4ccc(-c5nc6ccccc6nc5-c5ccccc5)cc4)cc3)oc2cc1CC(C)C. The first-order chi connectivity index (χ1) is 21.6. The summed E-state index contributed by atoms with van der Waals surface area (Å²) < 4.78 is 6.27. The zero-order chi connectivity index (χ0) is 30.0. The number of oxazole rings is 1. The smallest absolute Gasteiger partial charge is 0.227 e. The number of aromatic nitrogens is 3. The molecule has 0 bridgehead atoms. The highest BCUT2D eigenvalue weighted by atomic mass is 16.3. The number of hydrogen-bond acceptors (Lipinski definition) is 4. The van der Waals surface area contributed by atoms with E-state index < -0.39 is 0 Å². The third-order valence-electron chi connectivity index (χ3n) is 8.10. The van der Waals surface area contributed by atoms with Gasteiger partial charge in [-0.3, -0.25) is 0 Å². The van der Waals surface area contributed by atoms with Crippen molar-refractivity contribution in [2.24, 2.45) is 5.92 Å².